The number of hydrogen-bond acceptors (Lipinski definition) is 4. The Labute approximate surface area is 165 Å². The minimum atomic E-state index is -0.149. The van der Waals surface area contributed by atoms with E-state index < -0.39 is 0 Å². The molecule has 27 heavy (non-hydrogen) atoms. The molecular formula is C20H15ClN4OS. The molecule has 7 heteroatoms. The van der Waals surface area contributed by atoms with Crippen molar-refractivity contribution < 1.29 is 4.79 Å². The van der Waals surface area contributed by atoms with E-state index in [1.54, 1.807) is 18.7 Å². The largest absolute Gasteiger partial charge is 0.347 e. The van der Waals surface area contributed by atoms with Crippen LogP contribution in [0.25, 0.3) is 16.3 Å². The molecule has 0 bridgehead atoms. The number of hydrogen-bond donors (Lipinski definition) is 1. The van der Waals surface area contributed by atoms with Gasteiger partial charge in [0.25, 0.3) is 5.91 Å². The van der Waals surface area contributed by atoms with Gasteiger partial charge in [0.05, 0.1) is 17.5 Å². The standard InChI is InChI=1S/C20H15ClN4OS/c21-17-4-2-1-3-16(17)20-24-12-18(27-20)19(26)23-11-14-5-7-15(8-6-14)25-10-9-22-13-25/h1-10,12-13H,11H2,(H,23,26). The van der Waals surface area contributed by atoms with E-state index in [2.05, 4.69) is 15.3 Å². The molecule has 2 heterocycles. The van der Waals surface area contributed by atoms with Crippen LogP contribution >= 0.6 is 22.9 Å². The maximum Gasteiger partial charge on any atom is 0.263 e. The fraction of sp³-hybridized carbons (Fsp3) is 0.0500. The summed E-state index contributed by atoms with van der Waals surface area (Å²) < 4.78 is 1.93. The van der Waals surface area contributed by atoms with Crippen LogP contribution in [0.3, 0.4) is 0 Å². The average molecular weight is 395 g/mol. The normalized spacial score (nSPS) is 10.7. The summed E-state index contributed by atoms with van der Waals surface area (Å²) in [5.41, 5.74) is 2.87. The number of nitrogens with one attached hydrogen (secondary N) is 1. The first-order chi connectivity index (χ1) is 13.2. The molecule has 0 aliphatic rings. The van der Waals surface area contributed by atoms with Crippen molar-refractivity contribution in [2.75, 3.05) is 0 Å². The van der Waals surface area contributed by atoms with Crippen LogP contribution in [0.4, 0.5) is 0 Å². The molecule has 0 fully saturated rings. The van der Waals surface area contributed by atoms with E-state index in [1.165, 1.54) is 11.3 Å². The van der Waals surface area contributed by atoms with Gasteiger partial charge in [0.1, 0.15) is 9.88 Å². The van der Waals surface area contributed by atoms with Crippen LogP contribution in [0.2, 0.25) is 5.02 Å². The second kappa shape index (κ2) is 7.73. The Hall–Kier alpha value is -2.96. The highest BCUT2D eigenvalue weighted by molar-refractivity contribution is 7.17. The Morgan fingerprint density at radius 1 is 1.15 bits per heavy atom. The highest BCUT2D eigenvalue weighted by atomic mass is 35.5. The molecule has 1 N–H and O–H groups in total. The lowest BCUT2D eigenvalue weighted by molar-refractivity contribution is 0.0955. The highest BCUT2D eigenvalue weighted by Crippen LogP contribution is 2.30. The molecule has 2 aromatic carbocycles. The van der Waals surface area contributed by atoms with Crippen LogP contribution in [0, 0.1) is 0 Å². The smallest absolute Gasteiger partial charge is 0.263 e. The lowest BCUT2D eigenvalue weighted by Crippen LogP contribution is -2.21. The van der Waals surface area contributed by atoms with Crippen molar-refractivity contribution in [3.05, 3.63) is 88.9 Å². The third-order valence-corrected chi connectivity index (χ3v) is 5.38. The Bertz CT molecular complexity index is 1060. The molecule has 0 saturated heterocycles. The van der Waals surface area contributed by atoms with Crippen molar-refractivity contribution >= 4 is 28.8 Å². The highest BCUT2D eigenvalue weighted by Gasteiger charge is 2.13. The zero-order chi connectivity index (χ0) is 18.6. The predicted molar refractivity (Wildman–Crippen MR) is 107 cm³/mol. The van der Waals surface area contributed by atoms with E-state index in [0.29, 0.717) is 16.4 Å². The van der Waals surface area contributed by atoms with Gasteiger partial charge in [-0.3, -0.25) is 4.79 Å². The molecule has 5 nitrogen and oxygen atoms in total. The first kappa shape index (κ1) is 17.5. The Balaban J connectivity index is 1.41. The quantitative estimate of drug-likeness (QED) is 0.539. The molecule has 4 rings (SSSR count). The third kappa shape index (κ3) is 3.92. The van der Waals surface area contributed by atoms with Gasteiger partial charge in [-0.1, -0.05) is 41.9 Å². The number of amides is 1. The first-order valence-electron chi connectivity index (χ1n) is 8.27. The van der Waals surface area contributed by atoms with Crippen molar-refractivity contribution in [1.29, 1.82) is 0 Å². The minimum Gasteiger partial charge on any atom is -0.347 e. The summed E-state index contributed by atoms with van der Waals surface area (Å²) in [5.74, 6) is -0.149. The predicted octanol–water partition coefficient (Wildman–Crippen LogP) is 4.58. The van der Waals surface area contributed by atoms with Crippen LogP contribution < -0.4 is 5.32 Å². The van der Waals surface area contributed by atoms with Gasteiger partial charge in [-0.25, -0.2) is 9.97 Å². The number of carbonyl (C=O) groups excluding carboxylic acids is 1. The Morgan fingerprint density at radius 3 is 2.70 bits per heavy atom. The molecule has 0 atom stereocenters. The summed E-state index contributed by atoms with van der Waals surface area (Å²) in [6.45, 7) is 0.447. The van der Waals surface area contributed by atoms with Crippen molar-refractivity contribution in [2.24, 2.45) is 0 Å². The second-order valence-corrected chi connectivity index (χ2v) is 7.27. The molecule has 0 aliphatic carbocycles. The summed E-state index contributed by atoms with van der Waals surface area (Å²) >= 11 is 7.53. The maximum atomic E-state index is 12.4. The fourth-order valence-electron chi connectivity index (χ4n) is 2.61. The van der Waals surface area contributed by atoms with E-state index in [4.69, 9.17) is 11.6 Å². The van der Waals surface area contributed by atoms with Crippen molar-refractivity contribution in [3.63, 3.8) is 0 Å². The van der Waals surface area contributed by atoms with Gasteiger partial charge >= 0.3 is 0 Å². The topological polar surface area (TPSA) is 59.8 Å². The Morgan fingerprint density at radius 2 is 1.96 bits per heavy atom. The van der Waals surface area contributed by atoms with Crippen molar-refractivity contribution in [3.8, 4) is 16.3 Å². The number of benzene rings is 2. The number of carbonyl (C=O) groups is 1. The van der Waals surface area contributed by atoms with Crippen LogP contribution in [-0.4, -0.2) is 20.4 Å². The number of rotatable bonds is 5. The van der Waals surface area contributed by atoms with E-state index in [-0.39, 0.29) is 5.91 Å². The van der Waals surface area contributed by atoms with Gasteiger partial charge in [-0.15, -0.1) is 11.3 Å². The zero-order valence-electron chi connectivity index (χ0n) is 14.2. The molecule has 0 unspecified atom stereocenters. The summed E-state index contributed by atoms with van der Waals surface area (Å²) in [5, 5.41) is 4.28. The van der Waals surface area contributed by atoms with E-state index in [9.17, 15) is 4.79 Å². The number of nitrogens with zero attached hydrogens (tertiary/aromatic N) is 3. The molecule has 2 aromatic heterocycles. The lowest BCUT2D eigenvalue weighted by Gasteiger charge is -2.06. The van der Waals surface area contributed by atoms with Gasteiger partial charge in [0, 0.05) is 30.2 Å². The van der Waals surface area contributed by atoms with Crippen LogP contribution in [0.5, 0.6) is 0 Å². The van der Waals surface area contributed by atoms with Crippen LogP contribution in [0.1, 0.15) is 15.2 Å². The zero-order valence-corrected chi connectivity index (χ0v) is 15.7. The molecule has 0 saturated carbocycles. The SMILES string of the molecule is O=C(NCc1ccc(-n2ccnc2)cc1)c1cnc(-c2ccccc2Cl)s1. The lowest BCUT2D eigenvalue weighted by atomic mass is 10.2. The molecule has 4 aromatic rings. The van der Waals surface area contributed by atoms with Crippen molar-refractivity contribution in [1.82, 2.24) is 19.9 Å². The summed E-state index contributed by atoms with van der Waals surface area (Å²) in [4.78, 5) is 21.3. The minimum absolute atomic E-state index is 0.149. The van der Waals surface area contributed by atoms with Crippen LogP contribution in [0.15, 0.2) is 73.4 Å². The van der Waals surface area contributed by atoms with Gasteiger partial charge < -0.3 is 9.88 Å². The first-order valence-corrected chi connectivity index (χ1v) is 9.46. The molecule has 1 amide bonds. The number of halogens is 1. The van der Waals surface area contributed by atoms with E-state index in [0.717, 1.165) is 21.8 Å². The number of imidazole rings is 1. The van der Waals surface area contributed by atoms with Gasteiger partial charge in [-0.2, -0.15) is 0 Å². The number of thiazole rings is 1. The summed E-state index contributed by atoms with van der Waals surface area (Å²) in [7, 11) is 0. The Kier molecular flexibility index (Phi) is 5.00. The molecule has 0 aliphatic heterocycles. The maximum absolute atomic E-state index is 12.4. The monoisotopic (exact) mass is 394 g/mol. The van der Waals surface area contributed by atoms with Crippen LogP contribution in [-0.2, 0) is 6.54 Å². The summed E-state index contributed by atoms with van der Waals surface area (Å²) in [6.07, 6.45) is 6.95. The average Bonchev–Trinajstić information content (AvgIpc) is 3.39. The summed E-state index contributed by atoms with van der Waals surface area (Å²) in [6, 6.07) is 15.4. The molecule has 0 spiro atoms. The fourth-order valence-corrected chi connectivity index (χ4v) is 3.76. The van der Waals surface area contributed by atoms with Gasteiger partial charge in [-0.05, 0) is 23.8 Å². The van der Waals surface area contributed by atoms with Crippen molar-refractivity contribution in [2.45, 2.75) is 6.54 Å². The third-order valence-electron chi connectivity index (χ3n) is 4.03. The molecule has 0 radical (unpaired) electrons. The van der Waals surface area contributed by atoms with E-state index in [1.807, 2.05) is 59.3 Å². The number of aromatic nitrogens is 3. The van der Waals surface area contributed by atoms with Gasteiger partial charge in [0.2, 0.25) is 0 Å². The molecular weight excluding hydrogens is 380 g/mol. The van der Waals surface area contributed by atoms with Gasteiger partial charge in [0.15, 0.2) is 0 Å². The second-order valence-electron chi connectivity index (χ2n) is 5.83. The molecule has 134 valence electrons. The van der Waals surface area contributed by atoms with E-state index >= 15 is 0 Å².